The Morgan fingerprint density at radius 2 is 1.80 bits per heavy atom. The van der Waals surface area contributed by atoms with E-state index in [1.54, 1.807) is 36.4 Å². The molecule has 2 amide bonds. The van der Waals surface area contributed by atoms with E-state index in [0.29, 0.717) is 22.8 Å². The summed E-state index contributed by atoms with van der Waals surface area (Å²) in [5, 5.41) is 6.39. The maximum atomic E-state index is 12.0. The number of rotatable bonds is 6. The molecule has 0 heterocycles. The molecule has 0 aliphatic carbocycles. The maximum Gasteiger partial charge on any atom is 0.252 e. The Hall–Kier alpha value is -2.30. The molecular formula is C19H18Cl2N2O2. The van der Waals surface area contributed by atoms with Crippen molar-refractivity contribution in [2.45, 2.75) is 13.3 Å². The number of amides is 2. The molecule has 25 heavy (non-hydrogen) atoms. The summed E-state index contributed by atoms with van der Waals surface area (Å²) in [6.07, 6.45) is 3.94. The summed E-state index contributed by atoms with van der Waals surface area (Å²) in [7, 11) is 0. The van der Waals surface area contributed by atoms with Crippen LogP contribution in [0.2, 0.25) is 10.0 Å². The first-order valence-corrected chi connectivity index (χ1v) is 8.57. The van der Waals surface area contributed by atoms with Crippen LogP contribution in [0.25, 0.3) is 6.08 Å². The second kappa shape index (κ2) is 9.25. The van der Waals surface area contributed by atoms with Gasteiger partial charge in [-0.25, -0.2) is 0 Å². The van der Waals surface area contributed by atoms with Gasteiger partial charge in [0, 0.05) is 23.3 Å². The summed E-state index contributed by atoms with van der Waals surface area (Å²) in [6, 6.07) is 11.9. The van der Waals surface area contributed by atoms with Crippen molar-refractivity contribution < 1.29 is 9.59 Å². The van der Waals surface area contributed by atoms with Crippen LogP contribution < -0.4 is 10.6 Å². The largest absolute Gasteiger partial charge is 0.352 e. The molecule has 0 saturated carbocycles. The van der Waals surface area contributed by atoms with Crippen LogP contribution in [0, 0.1) is 0 Å². The van der Waals surface area contributed by atoms with E-state index in [4.69, 9.17) is 23.2 Å². The van der Waals surface area contributed by atoms with E-state index in [2.05, 4.69) is 10.6 Å². The van der Waals surface area contributed by atoms with Crippen molar-refractivity contribution >= 4 is 46.8 Å². The Kier molecular flexibility index (Phi) is 7.04. The smallest absolute Gasteiger partial charge is 0.252 e. The lowest BCUT2D eigenvalue weighted by Gasteiger charge is -2.08. The van der Waals surface area contributed by atoms with Gasteiger partial charge in [0.2, 0.25) is 5.91 Å². The summed E-state index contributed by atoms with van der Waals surface area (Å²) >= 11 is 11.9. The Labute approximate surface area is 156 Å². The predicted octanol–water partition coefficient (Wildman–Crippen LogP) is 4.79. The summed E-state index contributed by atoms with van der Waals surface area (Å²) in [5.74, 6) is -0.526. The number of halogens is 2. The van der Waals surface area contributed by atoms with Gasteiger partial charge in [-0.15, -0.1) is 0 Å². The first-order chi connectivity index (χ1) is 12.0. The summed E-state index contributed by atoms with van der Waals surface area (Å²) < 4.78 is 0. The van der Waals surface area contributed by atoms with Crippen molar-refractivity contribution in [3.8, 4) is 0 Å². The van der Waals surface area contributed by atoms with E-state index < -0.39 is 0 Å². The standard InChI is InChI=1S/C19H18Cl2N2O2/c1-2-11-22-19(25)16-9-8-15(12-17(16)21)23-18(24)10-5-13-3-6-14(20)7-4-13/h3-10,12H,2,11H2,1H3,(H,22,25)(H,23,24)/b10-5+. The fourth-order valence-corrected chi connectivity index (χ4v) is 2.43. The van der Waals surface area contributed by atoms with E-state index in [1.165, 1.54) is 6.08 Å². The maximum absolute atomic E-state index is 12.0. The van der Waals surface area contributed by atoms with Gasteiger partial charge < -0.3 is 10.6 Å². The van der Waals surface area contributed by atoms with Gasteiger partial charge in [0.05, 0.1) is 10.6 Å². The normalized spacial score (nSPS) is 10.7. The fourth-order valence-electron chi connectivity index (χ4n) is 2.04. The highest BCUT2D eigenvalue weighted by Crippen LogP contribution is 2.21. The van der Waals surface area contributed by atoms with Crippen LogP contribution in [0.1, 0.15) is 29.3 Å². The second-order valence-electron chi connectivity index (χ2n) is 5.32. The summed E-state index contributed by atoms with van der Waals surface area (Å²) in [5.41, 5.74) is 1.76. The molecule has 130 valence electrons. The minimum atomic E-state index is -0.297. The zero-order valence-electron chi connectivity index (χ0n) is 13.7. The number of benzene rings is 2. The van der Waals surface area contributed by atoms with Crippen LogP contribution in [0.3, 0.4) is 0 Å². The first kappa shape index (κ1) is 19.0. The number of carbonyl (C=O) groups excluding carboxylic acids is 2. The Morgan fingerprint density at radius 1 is 1.08 bits per heavy atom. The molecule has 0 saturated heterocycles. The molecule has 0 unspecified atom stereocenters. The van der Waals surface area contributed by atoms with E-state index in [-0.39, 0.29) is 16.8 Å². The molecule has 0 radical (unpaired) electrons. The number of carbonyl (C=O) groups is 2. The Morgan fingerprint density at radius 3 is 2.44 bits per heavy atom. The zero-order valence-corrected chi connectivity index (χ0v) is 15.2. The molecule has 2 rings (SSSR count). The lowest BCUT2D eigenvalue weighted by Crippen LogP contribution is -2.24. The molecule has 0 spiro atoms. The molecule has 0 atom stereocenters. The van der Waals surface area contributed by atoms with Crippen molar-refractivity contribution in [1.82, 2.24) is 5.32 Å². The number of hydrogen-bond donors (Lipinski definition) is 2. The van der Waals surface area contributed by atoms with E-state index in [9.17, 15) is 9.59 Å². The Balaban J connectivity index is 2.00. The van der Waals surface area contributed by atoms with Crippen molar-refractivity contribution in [3.63, 3.8) is 0 Å². The van der Waals surface area contributed by atoms with E-state index in [0.717, 1.165) is 12.0 Å². The van der Waals surface area contributed by atoms with E-state index >= 15 is 0 Å². The average molecular weight is 377 g/mol. The topological polar surface area (TPSA) is 58.2 Å². The predicted molar refractivity (Wildman–Crippen MR) is 103 cm³/mol. The molecule has 0 aromatic heterocycles. The van der Waals surface area contributed by atoms with Crippen LogP contribution in [-0.2, 0) is 4.79 Å². The van der Waals surface area contributed by atoms with Gasteiger partial charge in [-0.05, 0) is 48.4 Å². The Bertz CT molecular complexity index is 787. The second-order valence-corrected chi connectivity index (χ2v) is 6.17. The molecule has 0 bridgehead atoms. The highest BCUT2D eigenvalue weighted by atomic mass is 35.5. The number of anilines is 1. The van der Waals surface area contributed by atoms with Gasteiger partial charge in [-0.1, -0.05) is 42.3 Å². The van der Waals surface area contributed by atoms with Crippen LogP contribution in [0.5, 0.6) is 0 Å². The lowest BCUT2D eigenvalue weighted by molar-refractivity contribution is -0.111. The van der Waals surface area contributed by atoms with Gasteiger partial charge in [0.15, 0.2) is 0 Å². The molecule has 4 nitrogen and oxygen atoms in total. The molecule has 0 aliphatic rings. The molecule has 2 aromatic carbocycles. The summed E-state index contributed by atoms with van der Waals surface area (Å²) in [4.78, 5) is 23.9. The minimum absolute atomic E-state index is 0.229. The third-order valence-electron chi connectivity index (χ3n) is 3.31. The summed E-state index contributed by atoms with van der Waals surface area (Å²) in [6.45, 7) is 2.56. The molecule has 0 aliphatic heterocycles. The van der Waals surface area contributed by atoms with Crippen molar-refractivity contribution in [3.05, 3.63) is 69.7 Å². The zero-order chi connectivity index (χ0) is 18.2. The van der Waals surface area contributed by atoms with Crippen LogP contribution >= 0.6 is 23.2 Å². The fraction of sp³-hybridized carbons (Fsp3) is 0.158. The average Bonchev–Trinajstić information content (AvgIpc) is 2.59. The highest BCUT2D eigenvalue weighted by molar-refractivity contribution is 6.34. The first-order valence-electron chi connectivity index (χ1n) is 7.82. The SMILES string of the molecule is CCCNC(=O)c1ccc(NC(=O)/C=C/c2ccc(Cl)cc2)cc1Cl. The van der Waals surface area contributed by atoms with Crippen LogP contribution in [0.15, 0.2) is 48.5 Å². The molecule has 6 heteroatoms. The molecular weight excluding hydrogens is 359 g/mol. The number of nitrogens with one attached hydrogen (secondary N) is 2. The van der Waals surface area contributed by atoms with E-state index in [1.807, 2.05) is 19.1 Å². The molecule has 0 fully saturated rings. The van der Waals surface area contributed by atoms with Crippen molar-refractivity contribution in [1.29, 1.82) is 0 Å². The van der Waals surface area contributed by atoms with Gasteiger partial charge >= 0.3 is 0 Å². The third-order valence-corrected chi connectivity index (χ3v) is 3.88. The highest BCUT2D eigenvalue weighted by Gasteiger charge is 2.10. The van der Waals surface area contributed by atoms with Crippen molar-refractivity contribution in [2.24, 2.45) is 0 Å². The van der Waals surface area contributed by atoms with Crippen LogP contribution in [-0.4, -0.2) is 18.4 Å². The van der Waals surface area contributed by atoms with Gasteiger partial charge in [-0.2, -0.15) is 0 Å². The van der Waals surface area contributed by atoms with Gasteiger partial charge in [-0.3, -0.25) is 9.59 Å². The van der Waals surface area contributed by atoms with Gasteiger partial charge in [0.1, 0.15) is 0 Å². The monoisotopic (exact) mass is 376 g/mol. The number of hydrogen-bond acceptors (Lipinski definition) is 2. The van der Waals surface area contributed by atoms with Crippen LogP contribution in [0.4, 0.5) is 5.69 Å². The van der Waals surface area contributed by atoms with Gasteiger partial charge in [0.25, 0.3) is 5.91 Å². The third kappa shape index (κ3) is 5.93. The lowest BCUT2D eigenvalue weighted by atomic mass is 10.2. The molecule has 2 aromatic rings. The van der Waals surface area contributed by atoms with Crippen molar-refractivity contribution in [2.75, 3.05) is 11.9 Å². The quantitative estimate of drug-likeness (QED) is 0.712. The minimum Gasteiger partial charge on any atom is -0.352 e. The molecule has 2 N–H and O–H groups in total.